The van der Waals surface area contributed by atoms with E-state index in [9.17, 15) is 26.9 Å². The number of hydrogen-bond donors (Lipinski definition) is 2. The number of rotatable bonds is 17. The molecule has 3 heterocycles. The maximum Gasteiger partial charge on any atom is 0.293 e. The first-order valence-electron chi connectivity index (χ1n) is 21.1. The summed E-state index contributed by atoms with van der Waals surface area (Å²) in [7, 11) is -7.59. The number of fused-ring (bicyclic) bond motifs is 1. The Bertz CT molecular complexity index is 2800. The van der Waals surface area contributed by atoms with Gasteiger partial charge < -0.3 is 15.0 Å². The van der Waals surface area contributed by atoms with Gasteiger partial charge in [0.25, 0.3) is 15.7 Å². The molecule has 15 nitrogen and oxygen atoms in total. The molecule has 6 aromatic rings. The topological polar surface area (TPSA) is 180 Å². The summed E-state index contributed by atoms with van der Waals surface area (Å²) in [6.07, 6.45) is 3.23. The van der Waals surface area contributed by atoms with Gasteiger partial charge in [-0.2, -0.15) is 0 Å². The van der Waals surface area contributed by atoms with E-state index in [4.69, 9.17) is 4.74 Å². The molecule has 2 N–H and O–H groups in total. The van der Waals surface area contributed by atoms with Crippen molar-refractivity contribution in [3.63, 3.8) is 0 Å². The van der Waals surface area contributed by atoms with Crippen molar-refractivity contribution in [3.8, 4) is 11.1 Å². The van der Waals surface area contributed by atoms with Crippen LogP contribution in [0.5, 0.6) is 0 Å². The summed E-state index contributed by atoms with van der Waals surface area (Å²) in [5.41, 5.74) is 4.56. The third kappa shape index (κ3) is 11.2. The Labute approximate surface area is 378 Å². The molecular formula is C46H50N8O7S3. The Morgan fingerprint density at radius 2 is 1.52 bits per heavy atom. The molecule has 0 spiro atoms. The fraction of sp³-hybridized carbons (Fsp3) is 0.304. The number of anilines is 3. The van der Waals surface area contributed by atoms with Crippen LogP contribution in [0.15, 0.2) is 136 Å². The van der Waals surface area contributed by atoms with E-state index in [1.807, 2.05) is 66.7 Å². The van der Waals surface area contributed by atoms with E-state index in [1.165, 1.54) is 24.7 Å². The summed E-state index contributed by atoms with van der Waals surface area (Å²) in [6, 6.07) is 34.5. The van der Waals surface area contributed by atoms with Crippen molar-refractivity contribution in [2.24, 2.45) is 0 Å². The molecule has 18 heteroatoms. The van der Waals surface area contributed by atoms with Crippen LogP contribution in [0.2, 0.25) is 0 Å². The van der Waals surface area contributed by atoms with Gasteiger partial charge in [0.2, 0.25) is 0 Å². The zero-order chi connectivity index (χ0) is 44.7. The average molecular weight is 923 g/mol. The third-order valence-electron chi connectivity index (χ3n) is 11.5. The van der Waals surface area contributed by atoms with E-state index in [-0.39, 0.29) is 28.1 Å². The summed E-state index contributed by atoms with van der Waals surface area (Å²) in [5, 5.41) is 16.3. The van der Waals surface area contributed by atoms with Crippen LogP contribution in [0.4, 0.5) is 22.9 Å². The van der Waals surface area contributed by atoms with Gasteiger partial charge >= 0.3 is 0 Å². The Balaban J connectivity index is 0.927. The number of nitrogens with one attached hydrogen (secondary N) is 2. The maximum absolute atomic E-state index is 13.8. The Kier molecular flexibility index (Phi) is 14.1. The van der Waals surface area contributed by atoms with Crippen molar-refractivity contribution < 1.29 is 26.5 Å². The van der Waals surface area contributed by atoms with Crippen LogP contribution in [-0.2, 0) is 31.1 Å². The van der Waals surface area contributed by atoms with E-state index in [0.29, 0.717) is 34.8 Å². The molecule has 0 unspecified atom stereocenters. The van der Waals surface area contributed by atoms with Crippen LogP contribution in [-0.4, -0.2) is 119 Å². The van der Waals surface area contributed by atoms with Gasteiger partial charge in [-0.05, 0) is 77.7 Å². The minimum Gasteiger partial charge on any atom is -0.379 e. The van der Waals surface area contributed by atoms with E-state index >= 15 is 0 Å². The van der Waals surface area contributed by atoms with Gasteiger partial charge in [0.15, 0.2) is 15.7 Å². The molecule has 8 rings (SSSR count). The molecule has 2 fully saturated rings. The molecule has 2 saturated heterocycles. The zero-order valence-corrected chi connectivity index (χ0v) is 37.8. The molecular weight excluding hydrogens is 873 g/mol. The summed E-state index contributed by atoms with van der Waals surface area (Å²) in [5.74, 6) is 0.715. The summed E-state index contributed by atoms with van der Waals surface area (Å²) >= 11 is 1.66. The normalized spacial score (nSPS) is 15.8. The van der Waals surface area contributed by atoms with Crippen molar-refractivity contribution in [1.29, 1.82) is 0 Å². The lowest BCUT2D eigenvalue weighted by Crippen LogP contribution is -2.46. The number of nitro benzene ring substituents is 1. The first-order chi connectivity index (χ1) is 30.9. The predicted molar refractivity (Wildman–Crippen MR) is 252 cm³/mol. The largest absolute Gasteiger partial charge is 0.379 e. The van der Waals surface area contributed by atoms with E-state index in [1.54, 1.807) is 30.0 Å². The number of nitro groups is 1. The number of benzene rings is 5. The van der Waals surface area contributed by atoms with E-state index < -0.39 is 24.8 Å². The number of thioether (sulfide) groups is 1. The molecule has 334 valence electrons. The van der Waals surface area contributed by atoms with Crippen molar-refractivity contribution in [1.82, 2.24) is 19.8 Å². The summed E-state index contributed by atoms with van der Waals surface area (Å²) in [4.78, 5) is 28.7. The van der Waals surface area contributed by atoms with Gasteiger partial charge in [0, 0.05) is 92.4 Å². The molecule has 0 radical (unpaired) electrons. The molecule has 0 aliphatic carbocycles. The van der Waals surface area contributed by atoms with Crippen LogP contribution in [0, 0.1) is 10.1 Å². The highest BCUT2D eigenvalue weighted by Crippen LogP contribution is 2.33. The van der Waals surface area contributed by atoms with Crippen molar-refractivity contribution >= 4 is 65.4 Å². The zero-order valence-electron chi connectivity index (χ0n) is 35.4. The van der Waals surface area contributed by atoms with Gasteiger partial charge in [0.05, 0.1) is 33.4 Å². The van der Waals surface area contributed by atoms with Gasteiger partial charge in [-0.25, -0.2) is 26.8 Å². The second kappa shape index (κ2) is 20.0. The molecule has 0 amide bonds. The number of morpholine rings is 1. The quantitative estimate of drug-likeness (QED) is 0.0541. The smallest absolute Gasteiger partial charge is 0.293 e. The molecule has 0 bridgehead atoms. The van der Waals surface area contributed by atoms with Gasteiger partial charge in [-0.15, -0.1) is 11.8 Å². The highest BCUT2D eigenvalue weighted by molar-refractivity contribution is 7.99. The maximum atomic E-state index is 13.8. The van der Waals surface area contributed by atoms with Crippen LogP contribution >= 0.6 is 11.8 Å². The number of piperazine rings is 1. The summed E-state index contributed by atoms with van der Waals surface area (Å²) < 4.78 is 59.8. The molecule has 64 heavy (non-hydrogen) atoms. The number of ether oxygens (including phenoxy) is 1. The minimum atomic E-state index is -4.30. The second-order valence-corrected chi connectivity index (χ2v) is 20.7. The molecule has 0 saturated carbocycles. The standard InChI is InChI=1S/C46H50N8O7S3/c1-63(57,58)39-14-11-34(12-15-39)41-10-6-5-7-35(41)31-52-21-23-53(24-22-52)37-13-17-42-44(29-37)47-33-48-46(42)50-64(59,60)40-16-18-43(45(30-40)54(55)56)49-36(19-20-51-25-27-61-28-26-51)32-62-38-8-3-2-4-9-38/h2-18,29-30,33,36,49H,19-28,31-32H2,1H3,(H,47,48,50)/t36-/m1/s1. The first-order valence-corrected chi connectivity index (χ1v) is 25.4. The van der Waals surface area contributed by atoms with Crippen molar-refractivity contribution in [3.05, 3.63) is 137 Å². The average Bonchev–Trinajstić information content (AvgIpc) is 3.30. The summed E-state index contributed by atoms with van der Waals surface area (Å²) in [6.45, 7) is 7.64. The Morgan fingerprint density at radius 3 is 2.25 bits per heavy atom. The van der Waals surface area contributed by atoms with Crippen molar-refractivity contribution in [2.75, 3.05) is 86.0 Å². The van der Waals surface area contributed by atoms with Gasteiger partial charge in [-0.1, -0.05) is 54.6 Å². The third-order valence-corrected chi connectivity index (χ3v) is 15.2. The first kappa shape index (κ1) is 45.0. The SMILES string of the molecule is CS(=O)(=O)c1ccc(-c2ccccc2CN2CCN(c3ccc4c(NS(=O)(=O)c5ccc(N[C@H](CCN6CCOCC6)CSc6ccccc6)c([N+](=O)[O-])c5)ncnc4c3)CC2)cc1. The lowest BCUT2D eigenvalue weighted by atomic mass is 9.99. The highest BCUT2D eigenvalue weighted by atomic mass is 32.2. The molecule has 1 aromatic heterocycles. The number of hydrogen-bond acceptors (Lipinski definition) is 14. The number of sulfonamides is 1. The van der Waals surface area contributed by atoms with E-state index in [0.717, 1.165) is 92.1 Å². The molecule has 5 aromatic carbocycles. The fourth-order valence-electron chi connectivity index (χ4n) is 7.98. The number of sulfone groups is 1. The highest BCUT2D eigenvalue weighted by Gasteiger charge is 2.26. The monoisotopic (exact) mass is 922 g/mol. The minimum absolute atomic E-state index is 0.0666. The second-order valence-electron chi connectivity index (χ2n) is 15.9. The van der Waals surface area contributed by atoms with E-state index in [2.05, 4.69) is 46.8 Å². The Hall–Kier alpha value is -5.63. The van der Waals surface area contributed by atoms with Crippen LogP contribution in [0.3, 0.4) is 0 Å². The number of aromatic nitrogens is 2. The fourth-order valence-corrected chi connectivity index (χ4v) is 10.7. The van der Waals surface area contributed by atoms with Gasteiger partial charge in [-0.3, -0.25) is 24.6 Å². The van der Waals surface area contributed by atoms with Gasteiger partial charge in [0.1, 0.15) is 12.0 Å². The predicted octanol–water partition coefficient (Wildman–Crippen LogP) is 7.03. The van der Waals surface area contributed by atoms with Crippen molar-refractivity contribution in [2.45, 2.75) is 33.7 Å². The lowest BCUT2D eigenvalue weighted by molar-refractivity contribution is -0.384. The van der Waals surface area contributed by atoms with Crippen LogP contribution in [0.25, 0.3) is 22.0 Å². The number of nitrogens with zero attached hydrogens (tertiary/aromatic N) is 6. The van der Waals surface area contributed by atoms with Crippen LogP contribution < -0.4 is 14.9 Å². The Morgan fingerprint density at radius 1 is 0.797 bits per heavy atom. The molecule has 2 aliphatic rings. The van der Waals surface area contributed by atoms with Crippen LogP contribution in [0.1, 0.15) is 12.0 Å². The lowest BCUT2D eigenvalue weighted by Gasteiger charge is -2.36. The molecule has 2 aliphatic heterocycles. The molecule has 1 atom stereocenters.